The maximum Gasteiger partial charge on any atom is 0.318 e. The zero-order valence-electron chi connectivity index (χ0n) is 18.3. The molecule has 0 spiro atoms. The standard InChI is InChI=1S/C23H34N4O2/c1-18(2)15-26(16-21-12-9-13-25(21)5)22(28)17-27(19(3)4)23(29)24-14-20-10-7-6-8-11-20/h6-13,18-19H,14-17H2,1-5H3,(H,24,29). The number of nitrogens with zero attached hydrogens (tertiary/aromatic N) is 3. The quantitative estimate of drug-likeness (QED) is 0.701. The van der Waals surface area contributed by atoms with E-state index in [1.54, 1.807) is 4.90 Å². The molecule has 3 amide bonds. The van der Waals surface area contributed by atoms with Crippen molar-refractivity contribution in [2.45, 2.75) is 46.8 Å². The minimum Gasteiger partial charge on any atom is -0.353 e. The highest BCUT2D eigenvalue weighted by molar-refractivity contribution is 5.84. The predicted molar refractivity (Wildman–Crippen MR) is 116 cm³/mol. The molecule has 0 saturated heterocycles. The molecular formula is C23H34N4O2. The summed E-state index contributed by atoms with van der Waals surface area (Å²) in [6, 6.07) is 13.5. The number of carbonyl (C=O) groups is 2. The minimum atomic E-state index is -0.222. The largest absolute Gasteiger partial charge is 0.353 e. The van der Waals surface area contributed by atoms with Crippen LogP contribution in [0.2, 0.25) is 0 Å². The zero-order valence-corrected chi connectivity index (χ0v) is 18.3. The molecule has 1 aromatic carbocycles. The highest BCUT2D eigenvalue weighted by Gasteiger charge is 2.24. The maximum atomic E-state index is 13.1. The Morgan fingerprint density at radius 2 is 1.72 bits per heavy atom. The van der Waals surface area contributed by atoms with Gasteiger partial charge < -0.3 is 19.7 Å². The monoisotopic (exact) mass is 398 g/mol. The van der Waals surface area contributed by atoms with Gasteiger partial charge in [0.15, 0.2) is 0 Å². The van der Waals surface area contributed by atoms with Gasteiger partial charge in [0.25, 0.3) is 0 Å². The van der Waals surface area contributed by atoms with Crippen LogP contribution in [0, 0.1) is 5.92 Å². The molecule has 0 aliphatic heterocycles. The fourth-order valence-electron chi connectivity index (χ4n) is 3.16. The van der Waals surface area contributed by atoms with Crippen LogP contribution in [0.1, 0.15) is 39.0 Å². The Morgan fingerprint density at radius 3 is 2.28 bits per heavy atom. The third kappa shape index (κ3) is 6.97. The van der Waals surface area contributed by atoms with Gasteiger partial charge in [0.1, 0.15) is 6.54 Å². The van der Waals surface area contributed by atoms with Gasteiger partial charge in [-0.3, -0.25) is 4.79 Å². The molecule has 0 atom stereocenters. The first kappa shape index (κ1) is 22.5. The number of aryl methyl sites for hydroxylation is 1. The summed E-state index contributed by atoms with van der Waals surface area (Å²) in [5.74, 6) is 0.307. The average molecular weight is 399 g/mol. The molecule has 1 heterocycles. The molecular weight excluding hydrogens is 364 g/mol. The second-order valence-corrected chi connectivity index (χ2v) is 8.14. The first-order valence-corrected chi connectivity index (χ1v) is 10.2. The van der Waals surface area contributed by atoms with E-state index in [1.165, 1.54) is 0 Å². The summed E-state index contributed by atoms with van der Waals surface area (Å²) < 4.78 is 2.02. The molecule has 6 nitrogen and oxygen atoms in total. The number of benzene rings is 1. The molecule has 0 unspecified atom stereocenters. The number of carbonyl (C=O) groups excluding carboxylic acids is 2. The molecule has 0 fully saturated rings. The van der Waals surface area contributed by atoms with Crippen LogP contribution in [0.15, 0.2) is 48.7 Å². The summed E-state index contributed by atoms with van der Waals surface area (Å²) in [5.41, 5.74) is 2.10. The number of nitrogens with one attached hydrogen (secondary N) is 1. The summed E-state index contributed by atoms with van der Waals surface area (Å²) in [7, 11) is 1.98. The van der Waals surface area contributed by atoms with Crippen molar-refractivity contribution in [2.75, 3.05) is 13.1 Å². The first-order valence-electron chi connectivity index (χ1n) is 10.2. The van der Waals surface area contributed by atoms with Crippen molar-refractivity contribution >= 4 is 11.9 Å². The summed E-state index contributed by atoms with van der Waals surface area (Å²) in [6.07, 6.45) is 1.98. The molecule has 158 valence electrons. The van der Waals surface area contributed by atoms with Gasteiger partial charge in [-0.1, -0.05) is 44.2 Å². The first-order chi connectivity index (χ1) is 13.8. The number of urea groups is 1. The van der Waals surface area contributed by atoms with Crippen LogP contribution in [0.25, 0.3) is 0 Å². The van der Waals surface area contributed by atoms with Gasteiger partial charge in [0.2, 0.25) is 5.91 Å². The van der Waals surface area contributed by atoms with Gasteiger partial charge >= 0.3 is 6.03 Å². The van der Waals surface area contributed by atoms with Crippen LogP contribution in [0.4, 0.5) is 4.79 Å². The minimum absolute atomic E-state index is 0.0385. The van der Waals surface area contributed by atoms with E-state index in [4.69, 9.17) is 0 Å². The van der Waals surface area contributed by atoms with Crippen LogP contribution in [0.5, 0.6) is 0 Å². The second kappa shape index (κ2) is 10.7. The van der Waals surface area contributed by atoms with Crippen LogP contribution in [-0.4, -0.2) is 45.4 Å². The van der Waals surface area contributed by atoms with Gasteiger partial charge in [-0.15, -0.1) is 0 Å². The Balaban J connectivity index is 2.04. The van der Waals surface area contributed by atoms with Crippen LogP contribution >= 0.6 is 0 Å². The number of hydrogen-bond acceptors (Lipinski definition) is 2. The molecule has 29 heavy (non-hydrogen) atoms. The lowest BCUT2D eigenvalue weighted by molar-refractivity contribution is -0.133. The van der Waals surface area contributed by atoms with E-state index in [1.807, 2.05) is 79.0 Å². The Morgan fingerprint density at radius 1 is 1.03 bits per heavy atom. The maximum absolute atomic E-state index is 13.1. The van der Waals surface area contributed by atoms with Crippen molar-refractivity contribution < 1.29 is 9.59 Å². The third-order valence-electron chi connectivity index (χ3n) is 4.82. The smallest absolute Gasteiger partial charge is 0.318 e. The molecule has 2 aromatic rings. The molecule has 0 aliphatic rings. The normalized spacial score (nSPS) is 11.0. The van der Waals surface area contributed by atoms with E-state index in [2.05, 4.69) is 19.2 Å². The zero-order chi connectivity index (χ0) is 21.4. The van der Waals surface area contributed by atoms with Crippen molar-refractivity contribution in [1.29, 1.82) is 0 Å². The van der Waals surface area contributed by atoms with Gasteiger partial charge in [0.05, 0.1) is 6.54 Å². The van der Waals surface area contributed by atoms with E-state index >= 15 is 0 Å². The van der Waals surface area contributed by atoms with Crippen LogP contribution < -0.4 is 5.32 Å². The average Bonchev–Trinajstić information content (AvgIpc) is 3.08. The lowest BCUT2D eigenvalue weighted by atomic mass is 10.2. The molecule has 1 N–H and O–H groups in total. The van der Waals surface area contributed by atoms with Gasteiger partial charge in [-0.05, 0) is 37.5 Å². The van der Waals surface area contributed by atoms with Crippen molar-refractivity contribution in [3.05, 3.63) is 59.9 Å². The SMILES string of the molecule is CC(C)CN(Cc1cccn1C)C(=O)CN(C(=O)NCc1ccccc1)C(C)C. The molecule has 0 radical (unpaired) electrons. The molecule has 0 aliphatic carbocycles. The van der Waals surface area contributed by atoms with E-state index in [0.29, 0.717) is 25.6 Å². The number of rotatable bonds is 9. The van der Waals surface area contributed by atoms with E-state index in [-0.39, 0.29) is 24.5 Å². The molecule has 0 saturated carbocycles. The Hall–Kier alpha value is -2.76. The molecule has 0 bridgehead atoms. The lowest BCUT2D eigenvalue weighted by Crippen LogP contribution is -2.49. The summed E-state index contributed by atoms with van der Waals surface area (Å²) >= 11 is 0. The summed E-state index contributed by atoms with van der Waals surface area (Å²) in [6.45, 7) is 9.75. The highest BCUT2D eigenvalue weighted by atomic mass is 16.2. The molecule has 2 rings (SSSR count). The Kier molecular flexibility index (Phi) is 8.31. The third-order valence-corrected chi connectivity index (χ3v) is 4.82. The number of aromatic nitrogens is 1. The lowest BCUT2D eigenvalue weighted by Gasteiger charge is -2.31. The fourth-order valence-corrected chi connectivity index (χ4v) is 3.16. The van der Waals surface area contributed by atoms with Crippen LogP contribution in [-0.2, 0) is 24.9 Å². The fraction of sp³-hybridized carbons (Fsp3) is 0.478. The van der Waals surface area contributed by atoms with Crippen molar-refractivity contribution in [1.82, 2.24) is 19.7 Å². The number of amides is 3. The second-order valence-electron chi connectivity index (χ2n) is 8.14. The Bertz CT molecular complexity index is 783. The van der Waals surface area contributed by atoms with Crippen molar-refractivity contribution in [3.8, 4) is 0 Å². The van der Waals surface area contributed by atoms with E-state index < -0.39 is 0 Å². The van der Waals surface area contributed by atoms with Crippen molar-refractivity contribution in [3.63, 3.8) is 0 Å². The highest BCUT2D eigenvalue weighted by Crippen LogP contribution is 2.10. The Labute approximate surface area is 174 Å². The van der Waals surface area contributed by atoms with Crippen molar-refractivity contribution in [2.24, 2.45) is 13.0 Å². The summed E-state index contributed by atoms with van der Waals surface area (Å²) in [5, 5.41) is 2.93. The van der Waals surface area contributed by atoms with Gasteiger partial charge in [0, 0.05) is 38.1 Å². The van der Waals surface area contributed by atoms with E-state index in [9.17, 15) is 9.59 Å². The number of hydrogen-bond donors (Lipinski definition) is 1. The molecule has 6 heteroatoms. The molecule has 1 aromatic heterocycles. The van der Waals surface area contributed by atoms with E-state index in [0.717, 1.165) is 11.3 Å². The summed E-state index contributed by atoms with van der Waals surface area (Å²) in [4.78, 5) is 29.3. The topological polar surface area (TPSA) is 57.6 Å². The van der Waals surface area contributed by atoms with Crippen LogP contribution in [0.3, 0.4) is 0 Å². The predicted octanol–water partition coefficient (Wildman–Crippen LogP) is 3.63. The van der Waals surface area contributed by atoms with Gasteiger partial charge in [-0.25, -0.2) is 4.79 Å². The van der Waals surface area contributed by atoms with Gasteiger partial charge in [-0.2, -0.15) is 0 Å².